The Morgan fingerprint density at radius 2 is 1.89 bits per heavy atom. The van der Waals surface area contributed by atoms with E-state index in [9.17, 15) is 4.79 Å². The van der Waals surface area contributed by atoms with Crippen molar-refractivity contribution in [2.45, 2.75) is 18.9 Å². The second-order valence-corrected chi connectivity index (χ2v) is 5.37. The number of alkyl halides is 1. The summed E-state index contributed by atoms with van der Waals surface area (Å²) in [5, 5.41) is 0.643. The molecule has 0 N–H and O–H groups in total. The molecule has 0 saturated carbocycles. The van der Waals surface area contributed by atoms with Gasteiger partial charge in [0.05, 0.1) is 12.7 Å². The van der Waals surface area contributed by atoms with Crippen molar-refractivity contribution >= 4 is 29.1 Å². The van der Waals surface area contributed by atoms with Crippen LogP contribution in [0.4, 0.5) is 0 Å². The number of benzene rings is 1. The molecule has 0 aromatic heterocycles. The molecule has 0 unspecified atom stereocenters. The molecule has 19 heavy (non-hydrogen) atoms. The Morgan fingerprint density at radius 1 is 1.26 bits per heavy atom. The van der Waals surface area contributed by atoms with Crippen molar-refractivity contribution in [2.75, 3.05) is 25.6 Å². The second kappa shape index (κ2) is 7.13. The molecule has 1 aliphatic rings. The highest BCUT2D eigenvalue weighted by Crippen LogP contribution is 2.17. The van der Waals surface area contributed by atoms with Gasteiger partial charge in [0, 0.05) is 29.6 Å². The lowest BCUT2D eigenvalue weighted by atomic mass is 10.1. The number of nitrogens with zero attached hydrogens (tertiary/aromatic N) is 1. The van der Waals surface area contributed by atoms with Crippen LogP contribution in [0.5, 0.6) is 0 Å². The lowest BCUT2D eigenvalue weighted by Crippen LogP contribution is -2.41. The van der Waals surface area contributed by atoms with Gasteiger partial charge in [-0.05, 0) is 37.1 Å². The van der Waals surface area contributed by atoms with Gasteiger partial charge in [0.25, 0.3) is 5.91 Å². The van der Waals surface area contributed by atoms with Crippen LogP contribution >= 0.6 is 23.2 Å². The summed E-state index contributed by atoms with van der Waals surface area (Å²) >= 11 is 11.4. The molecule has 1 aromatic rings. The minimum atomic E-state index is 0.0625. The number of halogens is 2. The Kier molecular flexibility index (Phi) is 5.49. The zero-order valence-electron chi connectivity index (χ0n) is 10.6. The first kappa shape index (κ1) is 14.6. The molecule has 1 fully saturated rings. The van der Waals surface area contributed by atoms with Gasteiger partial charge in [0.1, 0.15) is 0 Å². The number of carbonyl (C=O) groups is 1. The topological polar surface area (TPSA) is 29.5 Å². The molecule has 2 rings (SSSR count). The number of ether oxygens (including phenoxy) is 1. The molecule has 1 amide bonds. The minimum Gasteiger partial charge on any atom is -0.377 e. The summed E-state index contributed by atoms with van der Waals surface area (Å²) in [6.45, 7) is 2.04. The van der Waals surface area contributed by atoms with Crippen molar-refractivity contribution in [3.05, 3.63) is 34.9 Å². The Morgan fingerprint density at radius 3 is 2.47 bits per heavy atom. The van der Waals surface area contributed by atoms with Crippen LogP contribution in [-0.4, -0.2) is 42.5 Å². The molecule has 0 bridgehead atoms. The van der Waals surface area contributed by atoms with Gasteiger partial charge in [-0.15, -0.1) is 11.6 Å². The molecule has 0 aliphatic carbocycles. The summed E-state index contributed by atoms with van der Waals surface area (Å²) in [5.41, 5.74) is 0.685. The highest BCUT2D eigenvalue weighted by Gasteiger charge is 2.23. The molecule has 104 valence electrons. The Bertz CT molecular complexity index is 414. The lowest BCUT2D eigenvalue weighted by Gasteiger charge is -2.32. The standard InChI is InChI=1S/C14H17Cl2NO2/c15-7-10-19-13-5-8-17(9-6-13)14(18)11-1-3-12(16)4-2-11/h1-4,13H,5-10H2. The van der Waals surface area contributed by atoms with E-state index in [1.165, 1.54) is 0 Å². The van der Waals surface area contributed by atoms with Gasteiger partial charge in [-0.2, -0.15) is 0 Å². The highest BCUT2D eigenvalue weighted by atomic mass is 35.5. The molecule has 0 radical (unpaired) electrons. The van der Waals surface area contributed by atoms with Crippen LogP contribution in [0.1, 0.15) is 23.2 Å². The van der Waals surface area contributed by atoms with Crippen molar-refractivity contribution in [1.82, 2.24) is 4.90 Å². The van der Waals surface area contributed by atoms with E-state index in [4.69, 9.17) is 27.9 Å². The van der Waals surface area contributed by atoms with E-state index >= 15 is 0 Å². The summed E-state index contributed by atoms with van der Waals surface area (Å²) < 4.78 is 5.59. The fourth-order valence-corrected chi connectivity index (χ4v) is 2.43. The average molecular weight is 302 g/mol. The lowest BCUT2D eigenvalue weighted by molar-refractivity contribution is 0.0154. The van der Waals surface area contributed by atoms with Gasteiger partial charge in [-0.25, -0.2) is 0 Å². The third-order valence-corrected chi connectivity index (χ3v) is 3.66. The number of hydrogen-bond donors (Lipinski definition) is 0. The van der Waals surface area contributed by atoms with Crippen LogP contribution < -0.4 is 0 Å². The van der Waals surface area contributed by atoms with Crippen molar-refractivity contribution in [3.8, 4) is 0 Å². The van der Waals surface area contributed by atoms with E-state index in [1.54, 1.807) is 24.3 Å². The summed E-state index contributed by atoms with van der Waals surface area (Å²) in [6.07, 6.45) is 1.97. The van der Waals surface area contributed by atoms with Crippen LogP contribution in [0.2, 0.25) is 5.02 Å². The van der Waals surface area contributed by atoms with E-state index in [1.807, 2.05) is 4.90 Å². The van der Waals surface area contributed by atoms with Gasteiger partial charge in [0.2, 0.25) is 0 Å². The number of likely N-dealkylation sites (tertiary alicyclic amines) is 1. The van der Waals surface area contributed by atoms with Crippen LogP contribution in [0.3, 0.4) is 0 Å². The highest BCUT2D eigenvalue weighted by molar-refractivity contribution is 6.30. The number of carbonyl (C=O) groups excluding carboxylic acids is 1. The summed E-state index contributed by atoms with van der Waals surface area (Å²) in [7, 11) is 0. The summed E-state index contributed by atoms with van der Waals surface area (Å²) in [6, 6.07) is 7.01. The van der Waals surface area contributed by atoms with Gasteiger partial charge in [0.15, 0.2) is 0 Å². The number of amides is 1. The first-order chi connectivity index (χ1) is 9.20. The van der Waals surface area contributed by atoms with Crippen molar-refractivity contribution in [1.29, 1.82) is 0 Å². The second-order valence-electron chi connectivity index (χ2n) is 4.56. The fourth-order valence-electron chi connectivity index (χ4n) is 2.21. The Labute approximate surface area is 123 Å². The van der Waals surface area contributed by atoms with Crippen molar-refractivity contribution in [3.63, 3.8) is 0 Å². The summed E-state index contributed by atoms with van der Waals surface area (Å²) in [4.78, 5) is 14.1. The minimum absolute atomic E-state index is 0.0625. The van der Waals surface area contributed by atoms with Crippen LogP contribution in [0.15, 0.2) is 24.3 Å². The van der Waals surface area contributed by atoms with E-state index < -0.39 is 0 Å². The largest absolute Gasteiger partial charge is 0.377 e. The van der Waals surface area contributed by atoms with Crippen LogP contribution in [0.25, 0.3) is 0 Å². The SMILES string of the molecule is O=C(c1ccc(Cl)cc1)N1CCC(OCCCl)CC1. The van der Waals surface area contributed by atoms with Crippen LogP contribution in [0, 0.1) is 0 Å². The predicted octanol–water partition coefficient (Wildman–Crippen LogP) is 3.20. The quantitative estimate of drug-likeness (QED) is 0.799. The van der Waals surface area contributed by atoms with Gasteiger partial charge in [-0.1, -0.05) is 11.6 Å². The van der Waals surface area contributed by atoms with Gasteiger partial charge >= 0.3 is 0 Å². The molecule has 0 spiro atoms. The molecular formula is C14H17Cl2NO2. The third kappa shape index (κ3) is 4.10. The van der Waals surface area contributed by atoms with E-state index in [0.29, 0.717) is 23.1 Å². The maximum absolute atomic E-state index is 12.3. The van der Waals surface area contributed by atoms with Gasteiger partial charge in [-0.3, -0.25) is 4.79 Å². The number of rotatable bonds is 4. The Hall–Kier alpha value is -0.770. The fraction of sp³-hybridized carbons (Fsp3) is 0.500. The third-order valence-electron chi connectivity index (χ3n) is 3.25. The van der Waals surface area contributed by atoms with Crippen molar-refractivity contribution < 1.29 is 9.53 Å². The van der Waals surface area contributed by atoms with E-state index in [2.05, 4.69) is 0 Å². The normalized spacial score (nSPS) is 16.6. The summed E-state index contributed by atoms with van der Waals surface area (Å²) in [5.74, 6) is 0.580. The molecule has 1 heterocycles. The molecule has 1 saturated heterocycles. The van der Waals surface area contributed by atoms with Gasteiger partial charge < -0.3 is 9.64 Å². The molecule has 0 atom stereocenters. The molecule has 5 heteroatoms. The van der Waals surface area contributed by atoms with E-state index in [-0.39, 0.29) is 12.0 Å². The van der Waals surface area contributed by atoms with Crippen LogP contribution in [-0.2, 0) is 4.74 Å². The predicted molar refractivity (Wildman–Crippen MR) is 77.0 cm³/mol. The molecular weight excluding hydrogens is 285 g/mol. The maximum atomic E-state index is 12.3. The van der Waals surface area contributed by atoms with Crippen molar-refractivity contribution in [2.24, 2.45) is 0 Å². The maximum Gasteiger partial charge on any atom is 0.253 e. The zero-order valence-corrected chi connectivity index (χ0v) is 12.2. The van der Waals surface area contributed by atoms with E-state index in [0.717, 1.165) is 25.9 Å². The monoisotopic (exact) mass is 301 g/mol. The molecule has 3 nitrogen and oxygen atoms in total. The number of piperidine rings is 1. The first-order valence-corrected chi connectivity index (χ1v) is 7.34. The average Bonchev–Trinajstić information content (AvgIpc) is 2.46. The Balaban J connectivity index is 1.87. The zero-order chi connectivity index (χ0) is 13.7. The molecule has 1 aliphatic heterocycles. The number of hydrogen-bond acceptors (Lipinski definition) is 2. The first-order valence-electron chi connectivity index (χ1n) is 6.43. The molecule has 1 aromatic carbocycles. The smallest absolute Gasteiger partial charge is 0.253 e.